The van der Waals surface area contributed by atoms with Crippen LogP contribution in [-0.2, 0) is 11.0 Å². The van der Waals surface area contributed by atoms with E-state index in [4.69, 9.17) is 22.4 Å². The maximum absolute atomic E-state index is 12.8. The Balaban J connectivity index is 2.10. The van der Waals surface area contributed by atoms with Crippen LogP contribution in [0.25, 0.3) is 0 Å². The molecule has 1 aliphatic heterocycles. The van der Waals surface area contributed by atoms with Gasteiger partial charge < -0.3 is 26.0 Å². The third kappa shape index (κ3) is 4.40. The summed E-state index contributed by atoms with van der Waals surface area (Å²) in [4.78, 5) is 13.2. The summed E-state index contributed by atoms with van der Waals surface area (Å²) in [6.07, 6.45) is -5.29. The molecule has 6 nitrogen and oxygen atoms in total. The molecule has 1 aliphatic rings. The molecule has 1 amide bonds. The molecule has 5 N–H and O–H groups in total. The lowest BCUT2D eigenvalue weighted by Gasteiger charge is -2.35. The van der Waals surface area contributed by atoms with E-state index in [0.717, 1.165) is 6.07 Å². The third-order valence-electron chi connectivity index (χ3n) is 4.60. The molecule has 1 saturated heterocycles. The molecule has 0 saturated carbocycles. The quantitative estimate of drug-likeness (QED) is 0.619. The largest absolute Gasteiger partial charge is 0.508 e. The highest BCUT2D eigenvalue weighted by atomic mass is 35.5. The summed E-state index contributed by atoms with van der Waals surface area (Å²) in [7, 11) is 0. The van der Waals surface area contributed by atoms with E-state index in [1.165, 1.54) is 4.90 Å². The Labute approximate surface area is 153 Å². The SMILES string of the molecule is NC(c1cc(Cl)c(C(F)(F)F)cc1O)C1CCN(C(=O)C(O)CO)CC1. The Bertz CT molecular complexity index is 664. The first-order valence-electron chi connectivity index (χ1n) is 7.99. The average Bonchev–Trinajstić information content (AvgIpc) is 2.60. The molecule has 1 heterocycles. The molecule has 0 aromatic heterocycles. The van der Waals surface area contributed by atoms with Gasteiger partial charge >= 0.3 is 6.18 Å². The van der Waals surface area contributed by atoms with Crippen LogP contribution in [-0.4, -0.2) is 51.9 Å². The fourth-order valence-corrected chi connectivity index (χ4v) is 3.36. The predicted octanol–water partition coefficient (Wildman–Crippen LogP) is 1.66. The van der Waals surface area contributed by atoms with E-state index in [1.807, 2.05) is 0 Å². The number of likely N-dealkylation sites (tertiary alicyclic amines) is 1. The molecule has 0 radical (unpaired) electrons. The zero-order valence-corrected chi connectivity index (χ0v) is 14.5. The smallest absolute Gasteiger partial charge is 0.417 e. The number of carbonyl (C=O) groups is 1. The number of alkyl halides is 3. The first kappa shape index (κ1) is 20.8. The highest BCUT2D eigenvalue weighted by Gasteiger charge is 2.36. The Morgan fingerprint density at radius 3 is 2.42 bits per heavy atom. The van der Waals surface area contributed by atoms with E-state index in [0.29, 0.717) is 18.9 Å². The lowest BCUT2D eigenvalue weighted by Crippen LogP contribution is -2.46. The van der Waals surface area contributed by atoms with Crippen molar-refractivity contribution in [2.24, 2.45) is 11.7 Å². The molecule has 26 heavy (non-hydrogen) atoms. The number of rotatable bonds is 4. The van der Waals surface area contributed by atoms with Gasteiger partial charge in [-0.25, -0.2) is 0 Å². The van der Waals surface area contributed by atoms with Crippen LogP contribution in [0.1, 0.15) is 30.0 Å². The number of hydrogen-bond donors (Lipinski definition) is 4. The van der Waals surface area contributed by atoms with Crippen LogP contribution in [0.3, 0.4) is 0 Å². The van der Waals surface area contributed by atoms with Crippen LogP contribution in [0.2, 0.25) is 5.02 Å². The van der Waals surface area contributed by atoms with Crippen LogP contribution in [0.15, 0.2) is 12.1 Å². The lowest BCUT2D eigenvalue weighted by atomic mass is 9.85. The number of aromatic hydroxyl groups is 1. The number of phenolic OH excluding ortho intramolecular Hbond substituents is 1. The van der Waals surface area contributed by atoms with Crippen LogP contribution in [0.5, 0.6) is 5.75 Å². The second kappa shape index (κ2) is 7.99. The normalized spacial score (nSPS) is 18.7. The van der Waals surface area contributed by atoms with Gasteiger partial charge in [0.2, 0.25) is 0 Å². The minimum atomic E-state index is -4.68. The summed E-state index contributed by atoms with van der Waals surface area (Å²) in [6, 6.07) is 0.834. The van der Waals surface area contributed by atoms with E-state index >= 15 is 0 Å². The number of nitrogens with zero attached hydrogens (tertiary/aromatic N) is 1. The molecule has 1 aromatic carbocycles. The standard InChI is InChI=1S/C16H20ClF3N2O4/c17-11-5-9(12(24)6-10(11)16(18,19)20)14(21)8-1-3-22(4-2-8)15(26)13(25)7-23/h5-6,8,13-14,23-25H,1-4,7,21H2. The molecule has 2 unspecified atom stereocenters. The molecule has 1 aromatic rings. The van der Waals surface area contributed by atoms with Crippen molar-refractivity contribution < 1.29 is 33.3 Å². The number of aliphatic hydroxyl groups excluding tert-OH is 2. The third-order valence-corrected chi connectivity index (χ3v) is 4.91. The van der Waals surface area contributed by atoms with Crippen molar-refractivity contribution in [3.8, 4) is 5.75 Å². The first-order valence-corrected chi connectivity index (χ1v) is 8.37. The maximum atomic E-state index is 12.8. The van der Waals surface area contributed by atoms with Crippen molar-refractivity contribution in [2.45, 2.75) is 31.2 Å². The van der Waals surface area contributed by atoms with Gasteiger partial charge in [0, 0.05) is 24.7 Å². The van der Waals surface area contributed by atoms with Gasteiger partial charge in [-0.05, 0) is 30.9 Å². The van der Waals surface area contributed by atoms with Crippen LogP contribution >= 0.6 is 11.6 Å². The minimum absolute atomic E-state index is 0.114. The van der Waals surface area contributed by atoms with Gasteiger partial charge in [0.05, 0.1) is 17.2 Å². The van der Waals surface area contributed by atoms with E-state index in [2.05, 4.69) is 0 Å². The van der Waals surface area contributed by atoms with Crippen LogP contribution in [0.4, 0.5) is 13.2 Å². The van der Waals surface area contributed by atoms with Crippen LogP contribution < -0.4 is 5.73 Å². The molecular formula is C16H20ClF3N2O4. The van der Waals surface area contributed by atoms with Crippen LogP contribution in [0, 0.1) is 5.92 Å². The molecule has 2 atom stereocenters. The lowest BCUT2D eigenvalue weighted by molar-refractivity contribution is -0.143. The number of halogens is 4. The summed E-state index contributed by atoms with van der Waals surface area (Å²) in [5.41, 5.74) is 5.09. The predicted molar refractivity (Wildman–Crippen MR) is 87.4 cm³/mol. The number of phenols is 1. The fraction of sp³-hybridized carbons (Fsp3) is 0.562. The molecule has 0 spiro atoms. The topological polar surface area (TPSA) is 107 Å². The Kier molecular flexibility index (Phi) is 6.38. The second-order valence-electron chi connectivity index (χ2n) is 6.28. The highest BCUT2D eigenvalue weighted by molar-refractivity contribution is 6.31. The van der Waals surface area contributed by atoms with Crippen molar-refractivity contribution in [1.82, 2.24) is 4.90 Å². The maximum Gasteiger partial charge on any atom is 0.417 e. The number of hydrogen-bond acceptors (Lipinski definition) is 5. The van der Waals surface area contributed by atoms with Crippen molar-refractivity contribution in [3.05, 3.63) is 28.3 Å². The van der Waals surface area contributed by atoms with Crippen molar-refractivity contribution in [1.29, 1.82) is 0 Å². The number of benzene rings is 1. The van der Waals surface area contributed by atoms with Crippen molar-refractivity contribution in [2.75, 3.05) is 19.7 Å². The van der Waals surface area contributed by atoms with Gasteiger partial charge in [-0.2, -0.15) is 13.2 Å². The molecule has 1 fully saturated rings. The highest BCUT2D eigenvalue weighted by Crippen LogP contribution is 2.41. The zero-order chi connectivity index (χ0) is 19.6. The van der Waals surface area contributed by atoms with Crippen molar-refractivity contribution >= 4 is 17.5 Å². The molecule has 0 bridgehead atoms. The average molecular weight is 397 g/mol. The molecule has 2 rings (SSSR count). The summed E-state index contributed by atoms with van der Waals surface area (Å²) in [5.74, 6) is -1.35. The van der Waals surface area contributed by atoms with Gasteiger partial charge in [0.1, 0.15) is 5.75 Å². The monoisotopic (exact) mass is 396 g/mol. The molecule has 0 aliphatic carbocycles. The molecular weight excluding hydrogens is 377 g/mol. The zero-order valence-electron chi connectivity index (χ0n) is 13.7. The molecule has 146 valence electrons. The number of nitrogens with two attached hydrogens (primary N) is 1. The van der Waals surface area contributed by atoms with E-state index in [1.54, 1.807) is 0 Å². The van der Waals surface area contributed by atoms with Crippen molar-refractivity contribution in [3.63, 3.8) is 0 Å². The molecule has 10 heteroatoms. The summed E-state index contributed by atoms with van der Waals surface area (Å²) in [6.45, 7) is -0.108. The summed E-state index contributed by atoms with van der Waals surface area (Å²) >= 11 is 5.69. The summed E-state index contributed by atoms with van der Waals surface area (Å²) < 4.78 is 38.5. The van der Waals surface area contributed by atoms with Gasteiger partial charge in [-0.1, -0.05) is 11.6 Å². The van der Waals surface area contributed by atoms with Gasteiger partial charge in [0.15, 0.2) is 6.10 Å². The minimum Gasteiger partial charge on any atom is -0.508 e. The van der Waals surface area contributed by atoms with E-state index in [-0.39, 0.29) is 24.6 Å². The van der Waals surface area contributed by atoms with Gasteiger partial charge in [0.25, 0.3) is 5.91 Å². The number of amides is 1. The number of piperidine rings is 1. The Morgan fingerprint density at radius 1 is 1.35 bits per heavy atom. The van der Waals surface area contributed by atoms with Gasteiger partial charge in [-0.3, -0.25) is 4.79 Å². The first-order chi connectivity index (χ1) is 12.1. The van der Waals surface area contributed by atoms with Gasteiger partial charge in [-0.15, -0.1) is 0 Å². The number of carbonyl (C=O) groups excluding carboxylic acids is 1. The number of aliphatic hydroxyl groups is 2. The fourth-order valence-electron chi connectivity index (χ4n) is 3.08. The Morgan fingerprint density at radius 2 is 1.92 bits per heavy atom. The second-order valence-corrected chi connectivity index (χ2v) is 6.68. The van der Waals surface area contributed by atoms with E-state index < -0.39 is 47.2 Å². The van der Waals surface area contributed by atoms with E-state index in [9.17, 15) is 28.2 Å². The Hall–Kier alpha value is -1.55. The summed E-state index contributed by atoms with van der Waals surface area (Å²) in [5, 5.41) is 27.6.